The predicted molar refractivity (Wildman–Crippen MR) is 44.9 cm³/mol. The van der Waals surface area contributed by atoms with Crippen molar-refractivity contribution in [3.8, 4) is 0 Å². The van der Waals surface area contributed by atoms with Crippen molar-refractivity contribution in [3.05, 3.63) is 23.1 Å². The average molecular weight is 143 g/mol. The Kier molecular flexibility index (Phi) is 4.32. The summed E-state index contributed by atoms with van der Waals surface area (Å²) in [6.45, 7) is 7.81. The number of hydrogen-bond donors (Lipinski definition) is 1. The molecule has 0 amide bonds. The summed E-state index contributed by atoms with van der Waals surface area (Å²) in [5.74, 6) is 0.512. The van der Waals surface area contributed by atoms with E-state index in [4.69, 9.17) is 5.73 Å². The van der Waals surface area contributed by atoms with Gasteiger partial charge >= 0.3 is 0 Å². The minimum Gasteiger partial charge on any atom is -0.404 e. The molecule has 0 unspecified atom stereocenters. The minimum atomic E-state index is 0.512. The monoisotopic (exact) mass is 143 g/mol. The van der Waals surface area contributed by atoms with E-state index in [-0.39, 0.29) is 0 Å². The Balaban J connectivity index is 3.84. The van der Waals surface area contributed by atoms with Crippen molar-refractivity contribution in [2.24, 2.45) is 11.7 Å². The van der Waals surface area contributed by atoms with Gasteiger partial charge in [-0.2, -0.15) is 0 Å². The lowest BCUT2D eigenvalue weighted by Crippen LogP contribution is -1.92. The highest BCUT2D eigenvalue weighted by Crippen LogP contribution is 2.22. The Morgan fingerprint density at radius 1 is 1.67 bits per heavy atom. The van der Waals surface area contributed by atoms with Crippen molar-refractivity contribution in [1.82, 2.24) is 0 Å². The van der Waals surface area contributed by atoms with Crippen molar-refractivity contribution in [2.45, 2.75) is 13.8 Å². The molecular formula is C7H13NS. The highest BCUT2D eigenvalue weighted by Gasteiger charge is 1.98. The fourth-order valence-corrected chi connectivity index (χ4v) is 1.01. The van der Waals surface area contributed by atoms with Crippen LogP contribution in [0.25, 0.3) is 0 Å². The average Bonchev–Trinajstić information content (AvgIpc) is 1.82. The molecule has 0 aromatic carbocycles. The fraction of sp³-hybridized carbons (Fsp3) is 0.429. The molecule has 0 aromatic heterocycles. The molecule has 0 aliphatic heterocycles. The van der Waals surface area contributed by atoms with Crippen LogP contribution in [0.4, 0.5) is 0 Å². The van der Waals surface area contributed by atoms with E-state index in [1.807, 2.05) is 0 Å². The molecule has 0 aliphatic rings. The van der Waals surface area contributed by atoms with E-state index >= 15 is 0 Å². The van der Waals surface area contributed by atoms with Gasteiger partial charge in [-0.3, -0.25) is 0 Å². The van der Waals surface area contributed by atoms with Crippen molar-refractivity contribution in [1.29, 1.82) is 0 Å². The maximum Gasteiger partial charge on any atom is 0.00714 e. The lowest BCUT2D eigenvalue weighted by molar-refractivity contribution is 0.814. The molecule has 0 bridgehead atoms. The predicted octanol–water partition coefficient (Wildman–Crippen LogP) is 2.32. The highest BCUT2D eigenvalue weighted by molar-refractivity contribution is 8.05. The van der Waals surface area contributed by atoms with Gasteiger partial charge in [-0.05, 0) is 11.3 Å². The van der Waals surface area contributed by atoms with Gasteiger partial charge in [0.05, 0.1) is 0 Å². The standard InChI is InChI=1S/C7H13NS/c1-4-9-7(5-8)6(2)3/h4-6H,1,8H2,2-3H3/b7-5-. The van der Waals surface area contributed by atoms with E-state index in [0.717, 1.165) is 0 Å². The second-order valence-electron chi connectivity index (χ2n) is 2.01. The smallest absolute Gasteiger partial charge is 0.00714 e. The Bertz CT molecular complexity index is 116. The molecule has 0 heterocycles. The molecule has 0 rings (SSSR count). The second kappa shape index (κ2) is 4.50. The Hall–Kier alpha value is -0.370. The van der Waals surface area contributed by atoms with Crippen LogP contribution < -0.4 is 5.73 Å². The van der Waals surface area contributed by atoms with Gasteiger partial charge in [0.1, 0.15) is 0 Å². The van der Waals surface area contributed by atoms with Gasteiger partial charge in [-0.1, -0.05) is 20.4 Å². The van der Waals surface area contributed by atoms with Gasteiger partial charge < -0.3 is 5.73 Å². The van der Waals surface area contributed by atoms with Crippen LogP contribution in [0.1, 0.15) is 13.8 Å². The maximum atomic E-state index is 5.33. The van der Waals surface area contributed by atoms with E-state index in [1.54, 1.807) is 23.4 Å². The second-order valence-corrected chi connectivity index (χ2v) is 3.05. The third kappa shape index (κ3) is 3.25. The van der Waals surface area contributed by atoms with Crippen LogP contribution in [0.15, 0.2) is 23.1 Å². The summed E-state index contributed by atoms with van der Waals surface area (Å²) >= 11 is 1.58. The topological polar surface area (TPSA) is 26.0 Å². The Labute approximate surface area is 61.0 Å². The number of thioether (sulfide) groups is 1. The molecule has 0 radical (unpaired) electrons. The lowest BCUT2D eigenvalue weighted by atomic mass is 10.2. The van der Waals surface area contributed by atoms with Crippen LogP contribution in [0.5, 0.6) is 0 Å². The van der Waals surface area contributed by atoms with Gasteiger partial charge in [0, 0.05) is 11.1 Å². The molecule has 52 valence electrons. The maximum absolute atomic E-state index is 5.33. The largest absolute Gasteiger partial charge is 0.404 e. The zero-order chi connectivity index (χ0) is 7.28. The quantitative estimate of drug-likeness (QED) is 0.656. The fourth-order valence-electron chi connectivity index (χ4n) is 0.464. The van der Waals surface area contributed by atoms with E-state index < -0.39 is 0 Å². The van der Waals surface area contributed by atoms with Gasteiger partial charge in [0.2, 0.25) is 0 Å². The van der Waals surface area contributed by atoms with Crippen LogP contribution in [0.2, 0.25) is 0 Å². The van der Waals surface area contributed by atoms with E-state index in [1.165, 1.54) is 4.91 Å². The van der Waals surface area contributed by atoms with E-state index in [2.05, 4.69) is 20.4 Å². The van der Waals surface area contributed by atoms with Crippen LogP contribution in [-0.4, -0.2) is 0 Å². The molecule has 0 saturated carbocycles. The van der Waals surface area contributed by atoms with Gasteiger partial charge in [0.15, 0.2) is 0 Å². The van der Waals surface area contributed by atoms with E-state index in [0.29, 0.717) is 5.92 Å². The van der Waals surface area contributed by atoms with Crippen molar-refractivity contribution >= 4 is 11.8 Å². The van der Waals surface area contributed by atoms with E-state index in [9.17, 15) is 0 Å². The number of allylic oxidation sites excluding steroid dienone is 1. The SMILES string of the molecule is C=CS/C(=C\N)C(C)C. The summed E-state index contributed by atoms with van der Waals surface area (Å²) in [4.78, 5) is 1.17. The summed E-state index contributed by atoms with van der Waals surface area (Å²) in [5.41, 5.74) is 5.33. The molecule has 1 nitrogen and oxygen atoms in total. The summed E-state index contributed by atoms with van der Waals surface area (Å²) in [6, 6.07) is 0. The first-order chi connectivity index (χ1) is 4.22. The van der Waals surface area contributed by atoms with Crippen LogP contribution in [0.3, 0.4) is 0 Å². The summed E-state index contributed by atoms with van der Waals surface area (Å²) in [5, 5.41) is 1.79. The van der Waals surface area contributed by atoms with Crippen molar-refractivity contribution in [2.75, 3.05) is 0 Å². The first kappa shape index (κ1) is 8.63. The van der Waals surface area contributed by atoms with Gasteiger partial charge in [-0.15, -0.1) is 11.8 Å². The number of hydrogen-bond acceptors (Lipinski definition) is 2. The molecule has 0 aliphatic carbocycles. The molecule has 0 spiro atoms. The third-order valence-electron chi connectivity index (χ3n) is 0.953. The van der Waals surface area contributed by atoms with Crippen molar-refractivity contribution in [3.63, 3.8) is 0 Å². The first-order valence-electron chi connectivity index (χ1n) is 2.91. The minimum absolute atomic E-state index is 0.512. The van der Waals surface area contributed by atoms with Crippen molar-refractivity contribution < 1.29 is 0 Å². The molecule has 9 heavy (non-hydrogen) atoms. The van der Waals surface area contributed by atoms with Crippen LogP contribution in [0, 0.1) is 5.92 Å². The number of nitrogens with two attached hydrogens (primary N) is 1. The molecular weight excluding hydrogens is 130 g/mol. The summed E-state index contributed by atoms with van der Waals surface area (Å²) < 4.78 is 0. The van der Waals surface area contributed by atoms with Gasteiger partial charge in [0.25, 0.3) is 0 Å². The summed E-state index contributed by atoms with van der Waals surface area (Å²) in [6.07, 6.45) is 1.64. The molecule has 0 atom stereocenters. The lowest BCUT2D eigenvalue weighted by Gasteiger charge is -2.04. The zero-order valence-electron chi connectivity index (χ0n) is 5.92. The number of rotatable bonds is 3. The molecule has 0 fully saturated rings. The van der Waals surface area contributed by atoms with Crippen LogP contribution >= 0.6 is 11.8 Å². The first-order valence-corrected chi connectivity index (χ1v) is 3.79. The van der Waals surface area contributed by atoms with Gasteiger partial charge in [-0.25, -0.2) is 0 Å². The Morgan fingerprint density at radius 2 is 2.22 bits per heavy atom. The molecule has 0 aromatic rings. The highest BCUT2D eigenvalue weighted by atomic mass is 32.2. The van der Waals surface area contributed by atoms with Crippen LogP contribution in [-0.2, 0) is 0 Å². The third-order valence-corrected chi connectivity index (χ3v) is 2.00. The normalized spacial score (nSPS) is 12.1. The zero-order valence-corrected chi connectivity index (χ0v) is 6.74. The molecule has 0 saturated heterocycles. The Morgan fingerprint density at radius 3 is 2.33 bits per heavy atom. The summed E-state index contributed by atoms with van der Waals surface area (Å²) in [7, 11) is 0. The molecule has 2 N–H and O–H groups in total. The molecule has 2 heteroatoms.